The molecule has 2 rings (SSSR count). The summed E-state index contributed by atoms with van der Waals surface area (Å²) < 4.78 is 31.9. The molecule has 0 aliphatic carbocycles. The minimum atomic E-state index is -3.43. The summed E-state index contributed by atoms with van der Waals surface area (Å²) in [4.78, 5) is 15.0. The van der Waals surface area contributed by atoms with Gasteiger partial charge < -0.3 is 14.6 Å². The van der Waals surface area contributed by atoms with Crippen LogP contribution in [-0.4, -0.2) is 33.2 Å². The van der Waals surface area contributed by atoms with Gasteiger partial charge in [-0.3, -0.25) is 9.52 Å². The normalized spacial score (nSPS) is 11.3. The number of anilines is 2. The number of nitrogens with zero attached hydrogens (tertiary/aromatic N) is 1. The standard InChI is InChI=1S/C21H31N3O4S/c1-4-7-13-24(16-18-9-8-14-28-18)20-11-10-17(23-29(26,27)6-3)15-19(20)21(25)22-12-5-2/h8-11,14-15,23H,4-7,12-13,16H2,1-3H3,(H,22,25). The lowest BCUT2D eigenvalue weighted by Crippen LogP contribution is -2.30. The van der Waals surface area contributed by atoms with E-state index in [1.807, 2.05) is 19.1 Å². The Labute approximate surface area is 173 Å². The van der Waals surface area contributed by atoms with E-state index in [4.69, 9.17) is 4.42 Å². The Hall–Kier alpha value is -2.48. The average Bonchev–Trinajstić information content (AvgIpc) is 3.22. The van der Waals surface area contributed by atoms with Gasteiger partial charge in [-0.2, -0.15) is 0 Å². The summed E-state index contributed by atoms with van der Waals surface area (Å²) in [6.07, 6.45) is 4.42. The average molecular weight is 422 g/mol. The number of carbonyl (C=O) groups is 1. The van der Waals surface area contributed by atoms with E-state index in [0.29, 0.717) is 24.3 Å². The number of sulfonamides is 1. The van der Waals surface area contributed by atoms with Crippen LogP contribution in [0.3, 0.4) is 0 Å². The number of amides is 1. The molecule has 0 saturated carbocycles. The van der Waals surface area contributed by atoms with Gasteiger partial charge in [0.15, 0.2) is 0 Å². The highest BCUT2D eigenvalue weighted by atomic mass is 32.2. The molecule has 0 unspecified atom stereocenters. The minimum absolute atomic E-state index is 0.0345. The summed E-state index contributed by atoms with van der Waals surface area (Å²) in [5, 5.41) is 2.90. The monoisotopic (exact) mass is 421 g/mol. The molecular formula is C21H31N3O4S. The summed E-state index contributed by atoms with van der Waals surface area (Å²) in [6, 6.07) is 8.84. The maximum atomic E-state index is 12.9. The second-order valence-corrected chi connectivity index (χ2v) is 8.86. The molecule has 8 heteroatoms. The number of furan rings is 1. The quantitative estimate of drug-likeness (QED) is 0.541. The second-order valence-electron chi connectivity index (χ2n) is 6.85. The first-order chi connectivity index (χ1) is 13.9. The van der Waals surface area contributed by atoms with Crippen LogP contribution in [0.15, 0.2) is 41.0 Å². The maximum absolute atomic E-state index is 12.9. The number of benzene rings is 1. The van der Waals surface area contributed by atoms with Crippen molar-refractivity contribution in [2.45, 2.75) is 46.6 Å². The minimum Gasteiger partial charge on any atom is -0.467 e. The smallest absolute Gasteiger partial charge is 0.253 e. The van der Waals surface area contributed by atoms with Crippen LogP contribution in [0.2, 0.25) is 0 Å². The maximum Gasteiger partial charge on any atom is 0.253 e. The van der Waals surface area contributed by atoms with Crippen molar-refractivity contribution in [2.75, 3.05) is 28.5 Å². The molecule has 2 aromatic rings. The molecular weight excluding hydrogens is 390 g/mol. The molecule has 0 atom stereocenters. The third-order valence-corrected chi connectivity index (χ3v) is 5.79. The van der Waals surface area contributed by atoms with Gasteiger partial charge in [-0.05, 0) is 50.1 Å². The van der Waals surface area contributed by atoms with E-state index in [2.05, 4.69) is 21.9 Å². The van der Waals surface area contributed by atoms with Crippen molar-refractivity contribution < 1.29 is 17.6 Å². The van der Waals surface area contributed by atoms with Gasteiger partial charge in [-0.1, -0.05) is 20.3 Å². The Balaban J connectivity index is 2.43. The highest BCUT2D eigenvalue weighted by molar-refractivity contribution is 7.92. The van der Waals surface area contributed by atoms with Gasteiger partial charge in [-0.15, -0.1) is 0 Å². The van der Waals surface area contributed by atoms with Gasteiger partial charge in [0.05, 0.1) is 29.8 Å². The molecule has 0 aliphatic rings. The number of unbranched alkanes of at least 4 members (excludes halogenated alkanes) is 1. The Kier molecular flexibility index (Phi) is 8.57. The molecule has 0 fully saturated rings. The van der Waals surface area contributed by atoms with E-state index < -0.39 is 10.0 Å². The first-order valence-electron chi connectivity index (χ1n) is 10.1. The van der Waals surface area contributed by atoms with Crippen LogP contribution >= 0.6 is 0 Å². The van der Waals surface area contributed by atoms with Crippen LogP contribution in [0.4, 0.5) is 11.4 Å². The van der Waals surface area contributed by atoms with Crippen molar-refractivity contribution in [1.29, 1.82) is 0 Å². The molecule has 29 heavy (non-hydrogen) atoms. The summed E-state index contributed by atoms with van der Waals surface area (Å²) in [7, 11) is -3.43. The van der Waals surface area contributed by atoms with Crippen LogP contribution in [0, 0.1) is 0 Å². The lowest BCUT2D eigenvalue weighted by atomic mass is 10.1. The topological polar surface area (TPSA) is 91.7 Å². The summed E-state index contributed by atoms with van der Waals surface area (Å²) >= 11 is 0. The fourth-order valence-corrected chi connectivity index (χ4v) is 3.50. The number of hydrogen-bond acceptors (Lipinski definition) is 5. The molecule has 1 heterocycles. The molecule has 1 aromatic heterocycles. The lowest BCUT2D eigenvalue weighted by molar-refractivity contribution is 0.0954. The molecule has 7 nitrogen and oxygen atoms in total. The van der Waals surface area contributed by atoms with Crippen molar-refractivity contribution in [2.24, 2.45) is 0 Å². The molecule has 0 aliphatic heterocycles. The summed E-state index contributed by atoms with van der Waals surface area (Å²) in [6.45, 7) is 7.50. The predicted molar refractivity (Wildman–Crippen MR) is 117 cm³/mol. The van der Waals surface area contributed by atoms with Crippen molar-refractivity contribution in [3.63, 3.8) is 0 Å². The van der Waals surface area contributed by atoms with E-state index in [9.17, 15) is 13.2 Å². The van der Waals surface area contributed by atoms with E-state index in [-0.39, 0.29) is 11.7 Å². The molecule has 2 N–H and O–H groups in total. The molecule has 1 aromatic carbocycles. The van der Waals surface area contributed by atoms with Crippen LogP contribution < -0.4 is 14.9 Å². The fourth-order valence-electron chi connectivity index (χ4n) is 2.87. The van der Waals surface area contributed by atoms with Gasteiger partial charge in [0, 0.05) is 18.8 Å². The Morgan fingerprint density at radius 3 is 2.55 bits per heavy atom. The highest BCUT2D eigenvalue weighted by Gasteiger charge is 2.19. The Morgan fingerprint density at radius 2 is 1.93 bits per heavy atom. The number of rotatable bonds is 12. The van der Waals surface area contributed by atoms with Gasteiger partial charge >= 0.3 is 0 Å². The zero-order chi connectivity index (χ0) is 21.3. The zero-order valence-corrected chi connectivity index (χ0v) is 18.2. The second kappa shape index (κ2) is 10.9. The number of nitrogens with one attached hydrogen (secondary N) is 2. The lowest BCUT2D eigenvalue weighted by Gasteiger charge is -2.26. The first-order valence-corrected chi connectivity index (χ1v) is 11.8. The van der Waals surface area contributed by atoms with Crippen LogP contribution in [0.25, 0.3) is 0 Å². The fraction of sp³-hybridized carbons (Fsp3) is 0.476. The Morgan fingerprint density at radius 1 is 1.14 bits per heavy atom. The molecule has 160 valence electrons. The van der Waals surface area contributed by atoms with Gasteiger partial charge in [0.25, 0.3) is 5.91 Å². The van der Waals surface area contributed by atoms with E-state index in [0.717, 1.165) is 37.3 Å². The highest BCUT2D eigenvalue weighted by Crippen LogP contribution is 2.27. The van der Waals surface area contributed by atoms with Crippen molar-refractivity contribution in [3.8, 4) is 0 Å². The molecule has 0 saturated heterocycles. The van der Waals surface area contributed by atoms with Gasteiger partial charge in [0.2, 0.25) is 10.0 Å². The summed E-state index contributed by atoms with van der Waals surface area (Å²) in [5.41, 5.74) is 1.58. The molecule has 0 bridgehead atoms. The van der Waals surface area contributed by atoms with Crippen molar-refractivity contribution in [1.82, 2.24) is 5.32 Å². The molecule has 0 radical (unpaired) electrons. The van der Waals surface area contributed by atoms with Crippen molar-refractivity contribution >= 4 is 27.3 Å². The molecule has 1 amide bonds. The molecule has 0 spiro atoms. The van der Waals surface area contributed by atoms with Gasteiger partial charge in [0.1, 0.15) is 5.76 Å². The van der Waals surface area contributed by atoms with Crippen LogP contribution in [0.5, 0.6) is 0 Å². The largest absolute Gasteiger partial charge is 0.467 e. The van der Waals surface area contributed by atoms with Gasteiger partial charge in [-0.25, -0.2) is 8.42 Å². The van der Waals surface area contributed by atoms with Crippen LogP contribution in [0.1, 0.15) is 56.2 Å². The summed E-state index contributed by atoms with van der Waals surface area (Å²) in [5.74, 6) is 0.546. The third-order valence-electron chi connectivity index (χ3n) is 4.48. The Bertz CT molecular complexity index is 879. The van der Waals surface area contributed by atoms with Crippen LogP contribution in [-0.2, 0) is 16.6 Å². The first kappa shape index (κ1) is 22.8. The van der Waals surface area contributed by atoms with E-state index in [1.165, 1.54) is 0 Å². The zero-order valence-electron chi connectivity index (χ0n) is 17.4. The van der Waals surface area contributed by atoms with E-state index in [1.54, 1.807) is 31.4 Å². The predicted octanol–water partition coefficient (Wildman–Crippen LogP) is 3.99. The van der Waals surface area contributed by atoms with E-state index >= 15 is 0 Å². The third kappa shape index (κ3) is 6.81. The number of hydrogen-bond donors (Lipinski definition) is 2. The number of carbonyl (C=O) groups excluding carboxylic acids is 1. The van der Waals surface area contributed by atoms with Crippen molar-refractivity contribution in [3.05, 3.63) is 47.9 Å². The SMILES string of the molecule is CCCCN(Cc1ccco1)c1ccc(NS(=O)(=O)CC)cc1C(=O)NCCC.